The predicted molar refractivity (Wildman–Crippen MR) is 75.9 cm³/mol. The summed E-state index contributed by atoms with van der Waals surface area (Å²) >= 11 is 0. The molecule has 0 aliphatic heterocycles. The molecule has 0 saturated heterocycles. The zero-order chi connectivity index (χ0) is 13.7. The third kappa shape index (κ3) is 2.83. The Morgan fingerprint density at radius 3 is 2.32 bits per heavy atom. The molecule has 0 atom stereocenters. The zero-order valence-electron chi connectivity index (χ0n) is 11.4. The fraction of sp³-hybridized carbons (Fsp3) is 0.412. The summed E-state index contributed by atoms with van der Waals surface area (Å²) in [4.78, 5) is 24.7. The molecule has 0 unspecified atom stereocenters. The van der Waals surface area contributed by atoms with Crippen molar-refractivity contribution in [3.05, 3.63) is 48.0 Å². The molecule has 1 fully saturated rings. The molecular weight excluding hydrogens is 236 g/mol. The molecule has 2 heteroatoms. The van der Waals surface area contributed by atoms with Gasteiger partial charge in [0.15, 0.2) is 11.6 Å². The molecule has 1 aliphatic rings. The van der Waals surface area contributed by atoms with Crippen LogP contribution in [0.15, 0.2) is 42.5 Å². The molecule has 100 valence electrons. The van der Waals surface area contributed by atoms with Crippen LogP contribution in [0.1, 0.15) is 38.2 Å². The molecular formula is C17H20O2. The minimum Gasteiger partial charge on any atom is -0.298 e. The van der Waals surface area contributed by atoms with Gasteiger partial charge in [0.05, 0.1) is 0 Å². The Hall–Kier alpha value is -1.70. The topological polar surface area (TPSA) is 34.1 Å². The molecule has 0 bridgehead atoms. The lowest BCUT2D eigenvalue weighted by Crippen LogP contribution is -2.42. The highest BCUT2D eigenvalue weighted by atomic mass is 16.2. The van der Waals surface area contributed by atoms with E-state index in [-0.39, 0.29) is 11.6 Å². The Balaban J connectivity index is 2.36. The van der Waals surface area contributed by atoms with Gasteiger partial charge in [-0.25, -0.2) is 0 Å². The monoisotopic (exact) mass is 256 g/mol. The molecule has 0 amide bonds. The highest BCUT2D eigenvalue weighted by molar-refractivity contribution is 6.11. The van der Waals surface area contributed by atoms with Crippen molar-refractivity contribution in [1.82, 2.24) is 0 Å². The van der Waals surface area contributed by atoms with Crippen LogP contribution in [0.4, 0.5) is 0 Å². The van der Waals surface area contributed by atoms with Gasteiger partial charge in [-0.3, -0.25) is 9.59 Å². The van der Waals surface area contributed by atoms with Crippen LogP contribution in [-0.4, -0.2) is 11.6 Å². The van der Waals surface area contributed by atoms with Gasteiger partial charge in [-0.1, -0.05) is 49.4 Å². The van der Waals surface area contributed by atoms with E-state index < -0.39 is 5.41 Å². The molecule has 1 aromatic carbocycles. The summed E-state index contributed by atoms with van der Waals surface area (Å²) in [5, 5.41) is 0. The van der Waals surface area contributed by atoms with E-state index in [2.05, 4.69) is 0 Å². The summed E-state index contributed by atoms with van der Waals surface area (Å²) in [5.41, 5.74) is 0.141. The molecule has 1 saturated carbocycles. The van der Waals surface area contributed by atoms with Crippen molar-refractivity contribution in [2.45, 2.75) is 39.0 Å². The first-order valence-corrected chi connectivity index (χ1v) is 6.97. The number of hydrogen-bond donors (Lipinski definition) is 0. The van der Waals surface area contributed by atoms with Crippen LogP contribution in [0.25, 0.3) is 0 Å². The molecule has 19 heavy (non-hydrogen) atoms. The van der Waals surface area contributed by atoms with Crippen molar-refractivity contribution >= 4 is 11.6 Å². The second-order valence-corrected chi connectivity index (χ2v) is 5.14. The standard InChI is InChI=1S/C17H20O2/c1-2-3-12-17(13-14-8-5-4-6-9-14)15(18)10-7-11-16(17)19/h3-6,8-9,12H,2,7,10-11,13H2,1H3/b12-3+. The molecule has 1 aromatic rings. The van der Waals surface area contributed by atoms with Crippen LogP contribution in [0.2, 0.25) is 0 Å². The summed E-state index contributed by atoms with van der Waals surface area (Å²) in [5.74, 6) is 0.162. The first kappa shape index (κ1) is 13.7. The van der Waals surface area contributed by atoms with Crippen molar-refractivity contribution in [2.24, 2.45) is 5.41 Å². The second kappa shape index (κ2) is 5.96. The third-order valence-electron chi connectivity index (χ3n) is 3.77. The minimum atomic E-state index is -0.907. The lowest BCUT2D eigenvalue weighted by atomic mass is 9.68. The van der Waals surface area contributed by atoms with Gasteiger partial charge < -0.3 is 0 Å². The fourth-order valence-electron chi connectivity index (χ4n) is 2.69. The molecule has 0 N–H and O–H groups in total. The SMILES string of the molecule is CC/C=C/C1(Cc2ccccc2)C(=O)CCCC1=O. The maximum absolute atomic E-state index is 12.4. The first-order chi connectivity index (χ1) is 9.19. The van der Waals surface area contributed by atoms with Crippen LogP contribution in [-0.2, 0) is 16.0 Å². The number of ketones is 2. The maximum Gasteiger partial charge on any atom is 0.150 e. The summed E-state index contributed by atoms with van der Waals surface area (Å²) in [6, 6.07) is 9.81. The number of hydrogen-bond acceptors (Lipinski definition) is 2. The Kier molecular flexibility index (Phi) is 4.31. The van der Waals surface area contributed by atoms with E-state index in [0.29, 0.717) is 25.7 Å². The number of carbonyl (C=O) groups excluding carboxylic acids is 2. The van der Waals surface area contributed by atoms with Crippen LogP contribution < -0.4 is 0 Å². The van der Waals surface area contributed by atoms with E-state index in [1.807, 2.05) is 49.4 Å². The lowest BCUT2D eigenvalue weighted by Gasteiger charge is -2.31. The minimum absolute atomic E-state index is 0.0808. The van der Waals surface area contributed by atoms with E-state index in [1.165, 1.54) is 0 Å². The van der Waals surface area contributed by atoms with Gasteiger partial charge in [0.1, 0.15) is 5.41 Å². The van der Waals surface area contributed by atoms with E-state index in [9.17, 15) is 9.59 Å². The smallest absolute Gasteiger partial charge is 0.150 e. The highest BCUT2D eigenvalue weighted by Crippen LogP contribution is 2.35. The van der Waals surface area contributed by atoms with Gasteiger partial charge in [-0.2, -0.15) is 0 Å². The molecule has 2 rings (SSSR count). The number of rotatable bonds is 4. The van der Waals surface area contributed by atoms with Gasteiger partial charge >= 0.3 is 0 Å². The normalized spacial score (nSPS) is 19.0. The van der Waals surface area contributed by atoms with Gasteiger partial charge in [0.2, 0.25) is 0 Å². The van der Waals surface area contributed by atoms with Crippen molar-refractivity contribution in [3.63, 3.8) is 0 Å². The van der Waals surface area contributed by atoms with Crippen molar-refractivity contribution < 1.29 is 9.59 Å². The number of carbonyl (C=O) groups is 2. The summed E-state index contributed by atoms with van der Waals surface area (Å²) < 4.78 is 0. The molecule has 2 nitrogen and oxygen atoms in total. The summed E-state index contributed by atoms with van der Waals surface area (Å²) in [7, 11) is 0. The van der Waals surface area contributed by atoms with Crippen molar-refractivity contribution in [1.29, 1.82) is 0 Å². The Morgan fingerprint density at radius 1 is 1.11 bits per heavy atom. The van der Waals surface area contributed by atoms with Crippen molar-refractivity contribution in [3.8, 4) is 0 Å². The summed E-state index contributed by atoms with van der Waals surface area (Å²) in [6.07, 6.45) is 6.89. The van der Waals surface area contributed by atoms with Crippen LogP contribution in [0.3, 0.4) is 0 Å². The third-order valence-corrected chi connectivity index (χ3v) is 3.77. The fourth-order valence-corrected chi connectivity index (χ4v) is 2.69. The van der Waals surface area contributed by atoms with E-state index in [0.717, 1.165) is 12.0 Å². The Morgan fingerprint density at radius 2 is 1.74 bits per heavy atom. The molecule has 0 spiro atoms. The molecule has 0 aromatic heterocycles. The number of allylic oxidation sites excluding steroid dienone is 2. The quantitative estimate of drug-likeness (QED) is 0.610. The molecule has 1 aliphatic carbocycles. The molecule has 0 heterocycles. The highest BCUT2D eigenvalue weighted by Gasteiger charge is 2.44. The largest absolute Gasteiger partial charge is 0.298 e. The van der Waals surface area contributed by atoms with Crippen LogP contribution >= 0.6 is 0 Å². The Labute approximate surface area is 114 Å². The van der Waals surface area contributed by atoms with E-state index >= 15 is 0 Å². The van der Waals surface area contributed by atoms with Gasteiger partial charge in [0, 0.05) is 12.8 Å². The van der Waals surface area contributed by atoms with Gasteiger partial charge in [0.25, 0.3) is 0 Å². The maximum atomic E-state index is 12.4. The van der Waals surface area contributed by atoms with E-state index in [1.54, 1.807) is 0 Å². The zero-order valence-corrected chi connectivity index (χ0v) is 11.4. The second-order valence-electron chi connectivity index (χ2n) is 5.14. The lowest BCUT2D eigenvalue weighted by molar-refractivity contribution is -0.140. The number of benzene rings is 1. The van der Waals surface area contributed by atoms with Gasteiger partial charge in [-0.05, 0) is 24.8 Å². The Bertz CT molecular complexity index is 469. The van der Waals surface area contributed by atoms with Crippen LogP contribution in [0.5, 0.6) is 0 Å². The average Bonchev–Trinajstić information content (AvgIpc) is 2.43. The van der Waals surface area contributed by atoms with Crippen LogP contribution in [0, 0.1) is 5.41 Å². The average molecular weight is 256 g/mol. The van der Waals surface area contributed by atoms with Gasteiger partial charge in [-0.15, -0.1) is 0 Å². The molecule has 0 radical (unpaired) electrons. The number of Topliss-reactive ketones (excluding diaryl/α,β-unsaturated/α-hetero) is 2. The first-order valence-electron chi connectivity index (χ1n) is 6.97. The van der Waals surface area contributed by atoms with Crippen molar-refractivity contribution in [2.75, 3.05) is 0 Å². The van der Waals surface area contributed by atoms with E-state index in [4.69, 9.17) is 0 Å². The predicted octanol–water partition coefficient (Wildman–Crippen LogP) is 3.50. The summed E-state index contributed by atoms with van der Waals surface area (Å²) in [6.45, 7) is 2.02.